The molecule has 1 aliphatic carbocycles. The maximum Gasteiger partial charge on any atom is 0.408 e. The van der Waals surface area contributed by atoms with E-state index in [4.69, 9.17) is 0 Å². The molecule has 7 nitrogen and oxygen atoms in total. The van der Waals surface area contributed by atoms with Gasteiger partial charge in [0, 0.05) is 24.0 Å². The number of nitrogens with one attached hydrogen (secondary N) is 1. The van der Waals surface area contributed by atoms with Crippen LogP contribution in [-0.4, -0.2) is 42.5 Å². The molecular weight excluding hydrogens is 368 g/mol. The molecule has 1 saturated carbocycles. The molecular formula is C16H14F4N6O. The first-order chi connectivity index (χ1) is 12.7. The van der Waals surface area contributed by atoms with E-state index in [0.717, 1.165) is 6.07 Å². The second-order valence-electron chi connectivity index (χ2n) is 6.46. The Hall–Kier alpha value is -2.98. The zero-order valence-corrected chi connectivity index (χ0v) is 14.0. The zero-order chi connectivity index (χ0) is 19.3. The van der Waals surface area contributed by atoms with Crippen LogP contribution < -0.4 is 5.32 Å². The quantitative estimate of drug-likeness (QED) is 0.703. The fourth-order valence-electron chi connectivity index (χ4n) is 2.92. The summed E-state index contributed by atoms with van der Waals surface area (Å²) in [6.45, 7) is 1.68. The summed E-state index contributed by atoms with van der Waals surface area (Å²) < 4.78 is 55.2. The van der Waals surface area contributed by atoms with Crippen molar-refractivity contribution in [3.63, 3.8) is 0 Å². The van der Waals surface area contributed by atoms with E-state index in [1.807, 2.05) is 0 Å². The van der Waals surface area contributed by atoms with Crippen LogP contribution >= 0.6 is 0 Å². The normalized spacial score (nSPS) is 15.9. The standard InChI is InChI=1S/C16H14F4N6O/c1-8-6-12(25-5-4-11(17)24-25)22-14-10(7-21-26(8)14)15(27)23-13(9-2-3-9)16(18,19)20/h4-7,9,13H,2-3H2,1H3,(H,23,27)/t13-/m1/s1. The van der Waals surface area contributed by atoms with Crippen molar-refractivity contribution in [1.29, 1.82) is 0 Å². The van der Waals surface area contributed by atoms with Crippen LogP contribution in [0.1, 0.15) is 28.9 Å². The molecule has 3 aromatic heterocycles. The number of carbonyl (C=O) groups excluding carboxylic acids is 1. The van der Waals surface area contributed by atoms with Gasteiger partial charge in [-0.3, -0.25) is 4.79 Å². The van der Waals surface area contributed by atoms with E-state index in [9.17, 15) is 22.4 Å². The highest BCUT2D eigenvalue weighted by molar-refractivity contribution is 6.00. The molecule has 0 saturated heterocycles. The van der Waals surface area contributed by atoms with Gasteiger partial charge >= 0.3 is 6.18 Å². The summed E-state index contributed by atoms with van der Waals surface area (Å²) in [4.78, 5) is 16.7. The zero-order valence-electron chi connectivity index (χ0n) is 14.0. The maximum absolute atomic E-state index is 13.2. The van der Waals surface area contributed by atoms with Crippen LogP contribution in [0.25, 0.3) is 11.5 Å². The van der Waals surface area contributed by atoms with Crippen molar-refractivity contribution >= 4 is 11.6 Å². The van der Waals surface area contributed by atoms with Gasteiger partial charge in [-0.1, -0.05) is 0 Å². The lowest BCUT2D eigenvalue weighted by Gasteiger charge is -2.20. The van der Waals surface area contributed by atoms with Crippen molar-refractivity contribution in [2.75, 3.05) is 0 Å². The molecule has 3 aromatic rings. The average Bonchev–Trinajstić information content (AvgIpc) is 3.17. The van der Waals surface area contributed by atoms with Crippen LogP contribution in [0.3, 0.4) is 0 Å². The minimum atomic E-state index is -4.53. The highest BCUT2D eigenvalue weighted by Crippen LogP contribution is 2.40. The van der Waals surface area contributed by atoms with Crippen molar-refractivity contribution in [2.45, 2.75) is 32.0 Å². The highest BCUT2D eigenvalue weighted by Gasteiger charge is 2.49. The molecule has 27 heavy (non-hydrogen) atoms. The summed E-state index contributed by atoms with van der Waals surface area (Å²) in [5.74, 6) is -2.01. The Morgan fingerprint density at radius 1 is 1.37 bits per heavy atom. The van der Waals surface area contributed by atoms with Crippen molar-refractivity contribution in [1.82, 2.24) is 29.7 Å². The van der Waals surface area contributed by atoms with Gasteiger partial charge in [0.15, 0.2) is 11.5 Å². The van der Waals surface area contributed by atoms with E-state index in [2.05, 4.69) is 20.5 Å². The van der Waals surface area contributed by atoms with Gasteiger partial charge < -0.3 is 5.32 Å². The largest absolute Gasteiger partial charge is 0.408 e. The summed E-state index contributed by atoms with van der Waals surface area (Å²) in [7, 11) is 0. The monoisotopic (exact) mass is 382 g/mol. The molecule has 0 aliphatic heterocycles. The molecule has 0 spiro atoms. The van der Waals surface area contributed by atoms with Gasteiger partial charge in [-0.05, 0) is 25.7 Å². The number of carbonyl (C=O) groups is 1. The topological polar surface area (TPSA) is 77.1 Å². The predicted molar refractivity (Wildman–Crippen MR) is 84.8 cm³/mol. The summed E-state index contributed by atoms with van der Waals surface area (Å²) >= 11 is 0. The Bertz CT molecular complexity index is 1020. The van der Waals surface area contributed by atoms with E-state index < -0.39 is 30.0 Å². The van der Waals surface area contributed by atoms with Crippen LogP contribution in [0.4, 0.5) is 17.6 Å². The summed E-state index contributed by atoms with van der Waals surface area (Å²) in [5.41, 5.74) is 0.525. The number of hydrogen-bond donors (Lipinski definition) is 1. The molecule has 0 radical (unpaired) electrons. The van der Waals surface area contributed by atoms with Gasteiger partial charge in [0.2, 0.25) is 5.95 Å². The van der Waals surface area contributed by atoms with Crippen molar-refractivity contribution < 1.29 is 22.4 Å². The van der Waals surface area contributed by atoms with Gasteiger partial charge in [0.1, 0.15) is 11.6 Å². The fourth-order valence-corrected chi connectivity index (χ4v) is 2.92. The number of amides is 1. The van der Waals surface area contributed by atoms with Gasteiger partial charge in [0.05, 0.1) is 6.20 Å². The number of rotatable bonds is 4. The molecule has 1 aliphatic rings. The van der Waals surface area contributed by atoms with E-state index in [1.54, 1.807) is 13.0 Å². The van der Waals surface area contributed by atoms with Crippen LogP contribution in [-0.2, 0) is 0 Å². The number of alkyl halides is 3. The lowest BCUT2D eigenvalue weighted by atomic mass is 10.1. The number of aryl methyl sites for hydroxylation is 1. The maximum atomic E-state index is 13.2. The number of fused-ring (bicyclic) bond motifs is 1. The van der Waals surface area contributed by atoms with Crippen LogP contribution in [0.15, 0.2) is 24.5 Å². The predicted octanol–water partition coefficient (Wildman–Crippen LogP) is 2.43. The number of hydrogen-bond acceptors (Lipinski definition) is 4. The average molecular weight is 382 g/mol. The minimum Gasteiger partial charge on any atom is -0.340 e. The second kappa shape index (κ2) is 6.03. The van der Waals surface area contributed by atoms with Crippen molar-refractivity contribution in [3.8, 4) is 5.82 Å². The third-order valence-electron chi connectivity index (χ3n) is 4.40. The molecule has 11 heteroatoms. The Kier molecular flexibility index (Phi) is 3.89. The number of nitrogens with zero attached hydrogens (tertiary/aromatic N) is 5. The molecule has 4 rings (SSSR count). The lowest BCUT2D eigenvalue weighted by Crippen LogP contribution is -2.46. The van der Waals surface area contributed by atoms with Crippen LogP contribution in [0.5, 0.6) is 0 Å². The van der Waals surface area contributed by atoms with E-state index >= 15 is 0 Å². The first kappa shape index (κ1) is 17.4. The van der Waals surface area contributed by atoms with Crippen LogP contribution in [0.2, 0.25) is 0 Å². The molecule has 1 atom stereocenters. The molecule has 3 heterocycles. The second-order valence-corrected chi connectivity index (χ2v) is 6.46. The lowest BCUT2D eigenvalue weighted by molar-refractivity contribution is -0.158. The molecule has 1 amide bonds. The third kappa shape index (κ3) is 3.24. The van der Waals surface area contributed by atoms with Crippen molar-refractivity contribution in [3.05, 3.63) is 41.7 Å². The Balaban J connectivity index is 1.71. The minimum absolute atomic E-state index is 0.0649. The molecule has 1 N–H and O–H groups in total. The fraction of sp³-hybridized carbons (Fsp3) is 0.375. The van der Waals surface area contributed by atoms with Gasteiger partial charge in [0.25, 0.3) is 5.91 Å². The number of halogens is 4. The first-order valence-corrected chi connectivity index (χ1v) is 8.18. The van der Waals surface area contributed by atoms with Gasteiger partial charge in [-0.25, -0.2) is 14.2 Å². The van der Waals surface area contributed by atoms with Gasteiger partial charge in [-0.2, -0.15) is 22.7 Å². The summed E-state index contributed by atoms with van der Waals surface area (Å²) in [5, 5.41) is 9.68. The van der Waals surface area contributed by atoms with E-state index in [-0.39, 0.29) is 17.0 Å². The van der Waals surface area contributed by atoms with Crippen molar-refractivity contribution in [2.24, 2.45) is 5.92 Å². The molecule has 142 valence electrons. The van der Waals surface area contributed by atoms with Crippen LogP contribution in [0, 0.1) is 18.8 Å². The third-order valence-corrected chi connectivity index (χ3v) is 4.40. The number of aromatic nitrogens is 5. The molecule has 0 unspecified atom stereocenters. The Morgan fingerprint density at radius 3 is 2.70 bits per heavy atom. The smallest absolute Gasteiger partial charge is 0.340 e. The van der Waals surface area contributed by atoms with Gasteiger partial charge in [-0.15, -0.1) is 5.10 Å². The first-order valence-electron chi connectivity index (χ1n) is 8.18. The Morgan fingerprint density at radius 2 is 2.11 bits per heavy atom. The molecule has 0 bridgehead atoms. The SMILES string of the molecule is Cc1cc(-n2ccc(F)n2)nc2c(C(=O)N[C@H](C3CC3)C(F)(F)F)cnn12. The molecule has 1 fully saturated rings. The molecule has 0 aromatic carbocycles. The summed E-state index contributed by atoms with van der Waals surface area (Å²) in [6, 6.07) is 0.801. The van der Waals surface area contributed by atoms with E-state index in [0.29, 0.717) is 18.5 Å². The summed E-state index contributed by atoms with van der Waals surface area (Å²) in [6.07, 6.45) is -1.17. The highest BCUT2D eigenvalue weighted by atomic mass is 19.4. The Labute approximate surface area is 150 Å². The van der Waals surface area contributed by atoms with E-state index in [1.165, 1.54) is 21.6 Å².